The van der Waals surface area contributed by atoms with Crippen LogP contribution in [0.25, 0.3) is 0 Å². The van der Waals surface area contributed by atoms with Gasteiger partial charge in [0, 0.05) is 19.1 Å². The Balaban J connectivity index is 1.67. The summed E-state index contributed by atoms with van der Waals surface area (Å²) in [6.45, 7) is 2.71. The van der Waals surface area contributed by atoms with Crippen LogP contribution in [0.3, 0.4) is 0 Å². The van der Waals surface area contributed by atoms with Crippen molar-refractivity contribution in [2.45, 2.75) is 19.0 Å². The second-order valence-electron chi connectivity index (χ2n) is 5.78. The second-order valence-corrected chi connectivity index (χ2v) is 5.78. The van der Waals surface area contributed by atoms with E-state index >= 15 is 0 Å². The number of hydrogen-bond donors (Lipinski definition) is 1. The molecule has 0 radical (unpaired) electrons. The van der Waals surface area contributed by atoms with Gasteiger partial charge in [0.1, 0.15) is 5.82 Å². The number of nitrogens with zero attached hydrogens (tertiary/aromatic N) is 1. The van der Waals surface area contributed by atoms with Crippen molar-refractivity contribution in [2.75, 3.05) is 20.1 Å². The van der Waals surface area contributed by atoms with Crippen LogP contribution in [0.2, 0.25) is 0 Å². The summed E-state index contributed by atoms with van der Waals surface area (Å²) in [5, 5.41) is 3.59. The van der Waals surface area contributed by atoms with Gasteiger partial charge in [0.2, 0.25) is 0 Å². The molecule has 0 saturated carbocycles. The van der Waals surface area contributed by atoms with Crippen molar-refractivity contribution in [3.8, 4) is 0 Å². The predicted octanol–water partition coefficient (Wildman–Crippen LogP) is 3.14. The molecule has 0 aromatic heterocycles. The molecule has 0 saturated heterocycles. The van der Waals surface area contributed by atoms with Crippen molar-refractivity contribution >= 4 is 0 Å². The van der Waals surface area contributed by atoms with Crippen LogP contribution in [-0.4, -0.2) is 25.0 Å². The number of halogens is 1. The highest BCUT2D eigenvalue weighted by Crippen LogP contribution is 2.23. The van der Waals surface area contributed by atoms with Gasteiger partial charge in [-0.05, 0) is 48.8 Å². The molecule has 1 aliphatic rings. The van der Waals surface area contributed by atoms with Gasteiger partial charge in [0.25, 0.3) is 0 Å². The third-order valence-corrected chi connectivity index (χ3v) is 4.05. The van der Waals surface area contributed by atoms with Crippen LogP contribution in [0.4, 0.5) is 4.39 Å². The summed E-state index contributed by atoms with van der Waals surface area (Å²) in [4.78, 5) is 2.24. The standard InChI is InChI=1S/C18H21FN2/c1-21(12-14-5-4-7-16(19)11-14)13-18-17-8-3-2-6-15(17)9-10-20-18/h2-8,11,18,20H,9-10,12-13H2,1H3. The highest BCUT2D eigenvalue weighted by atomic mass is 19.1. The van der Waals surface area contributed by atoms with Crippen molar-refractivity contribution in [3.05, 3.63) is 71.0 Å². The maximum absolute atomic E-state index is 13.2. The zero-order valence-corrected chi connectivity index (χ0v) is 12.3. The Morgan fingerprint density at radius 3 is 2.90 bits per heavy atom. The summed E-state index contributed by atoms with van der Waals surface area (Å²) in [6, 6.07) is 15.8. The lowest BCUT2D eigenvalue weighted by Gasteiger charge is -2.30. The molecule has 1 atom stereocenters. The Labute approximate surface area is 125 Å². The van der Waals surface area contributed by atoms with Crippen LogP contribution < -0.4 is 5.32 Å². The van der Waals surface area contributed by atoms with Crippen molar-refractivity contribution in [1.82, 2.24) is 10.2 Å². The molecule has 1 heterocycles. The summed E-state index contributed by atoms with van der Waals surface area (Å²) in [5.74, 6) is -0.165. The smallest absolute Gasteiger partial charge is 0.123 e. The minimum Gasteiger partial charge on any atom is -0.309 e. The SMILES string of the molecule is CN(Cc1cccc(F)c1)CC1NCCc2ccccc21. The molecule has 0 bridgehead atoms. The van der Waals surface area contributed by atoms with E-state index in [1.165, 1.54) is 17.2 Å². The molecule has 110 valence electrons. The van der Waals surface area contributed by atoms with Crippen molar-refractivity contribution in [3.63, 3.8) is 0 Å². The maximum atomic E-state index is 13.2. The van der Waals surface area contributed by atoms with Gasteiger partial charge >= 0.3 is 0 Å². The van der Waals surface area contributed by atoms with E-state index < -0.39 is 0 Å². The van der Waals surface area contributed by atoms with Gasteiger partial charge in [-0.2, -0.15) is 0 Å². The minimum atomic E-state index is -0.165. The van der Waals surface area contributed by atoms with Gasteiger partial charge in [-0.3, -0.25) is 0 Å². The Hall–Kier alpha value is -1.71. The molecule has 2 aromatic carbocycles. The average Bonchev–Trinajstić information content (AvgIpc) is 2.47. The Morgan fingerprint density at radius 1 is 1.19 bits per heavy atom. The van der Waals surface area contributed by atoms with Crippen molar-refractivity contribution in [2.24, 2.45) is 0 Å². The Kier molecular flexibility index (Phi) is 4.32. The molecule has 3 heteroatoms. The largest absolute Gasteiger partial charge is 0.309 e. The molecular formula is C18H21FN2. The highest BCUT2D eigenvalue weighted by Gasteiger charge is 2.20. The van der Waals surface area contributed by atoms with E-state index in [-0.39, 0.29) is 5.82 Å². The molecule has 2 nitrogen and oxygen atoms in total. The first-order valence-electron chi connectivity index (χ1n) is 7.46. The molecule has 3 rings (SSSR count). The summed E-state index contributed by atoms with van der Waals surface area (Å²) >= 11 is 0. The summed E-state index contributed by atoms with van der Waals surface area (Å²) < 4.78 is 13.2. The lowest BCUT2D eigenvalue weighted by atomic mass is 9.94. The van der Waals surface area contributed by atoms with E-state index in [0.29, 0.717) is 6.04 Å². The zero-order chi connectivity index (χ0) is 14.7. The number of nitrogens with one attached hydrogen (secondary N) is 1. The number of likely N-dealkylation sites (N-methyl/N-ethyl adjacent to an activating group) is 1. The number of rotatable bonds is 4. The zero-order valence-electron chi connectivity index (χ0n) is 12.3. The van der Waals surface area contributed by atoms with Crippen LogP contribution in [0.1, 0.15) is 22.7 Å². The lowest BCUT2D eigenvalue weighted by Crippen LogP contribution is -2.37. The monoisotopic (exact) mass is 284 g/mol. The molecule has 21 heavy (non-hydrogen) atoms. The van der Waals surface area contributed by atoms with E-state index in [4.69, 9.17) is 0 Å². The molecule has 0 fully saturated rings. The van der Waals surface area contributed by atoms with Gasteiger partial charge in [-0.15, -0.1) is 0 Å². The van der Waals surface area contributed by atoms with Gasteiger partial charge in [0.15, 0.2) is 0 Å². The first-order valence-corrected chi connectivity index (χ1v) is 7.46. The first kappa shape index (κ1) is 14.2. The fourth-order valence-corrected chi connectivity index (χ4v) is 3.08. The maximum Gasteiger partial charge on any atom is 0.123 e. The number of hydrogen-bond acceptors (Lipinski definition) is 2. The summed E-state index contributed by atoms with van der Waals surface area (Å²) in [6.07, 6.45) is 1.10. The van der Waals surface area contributed by atoms with Gasteiger partial charge in [0.05, 0.1) is 0 Å². The summed E-state index contributed by atoms with van der Waals surface area (Å²) in [5.41, 5.74) is 3.86. The third-order valence-electron chi connectivity index (χ3n) is 4.05. The van der Waals surface area contributed by atoms with E-state index in [0.717, 1.165) is 31.6 Å². The van der Waals surface area contributed by atoms with E-state index in [1.807, 2.05) is 6.07 Å². The van der Waals surface area contributed by atoms with Gasteiger partial charge in [-0.1, -0.05) is 36.4 Å². The van der Waals surface area contributed by atoms with Gasteiger partial charge < -0.3 is 10.2 Å². The molecule has 1 unspecified atom stereocenters. The third kappa shape index (κ3) is 3.49. The fourth-order valence-electron chi connectivity index (χ4n) is 3.08. The molecule has 2 aromatic rings. The predicted molar refractivity (Wildman–Crippen MR) is 83.6 cm³/mol. The van der Waals surface area contributed by atoms with Crippen LogP contribution >= 0.6 is 0 Å². The molecule has 0 spiro atoms. The second kappa shape index (κ2) is 6.37. The fraction of sp³-hybridized carbons (Fsp3) is 0.333. The molecule has 1 aliphatic heterocycles. The minimum absolute atomic E-state index is 0.165. The Bertz CT molecular complexity index is 612. The highest BCUT2D eigenvalue weighted by molar-refractivity contribution is 5.32. The quantitative estimate of drug-likeness (QED) is 0.928. The van der Waals surface area contributed by atoms with Crippen LogP contribution in [0, 0.1) is 5.82 Å². The van der Waals surface area contributed by atoms with Crippen molar-refractivity contribution in [1.29, 1.82) is 0 Å². The average molecular weight is 284 g/mol. The van der Waals surface area contributed by atoms with Gasteiger partial charge in [-0.25, -0.2) is 4.39 Å². The van der Waals surface area contributed by atoms with Crippen LogP contribution in [0.15, 0.2) is 48.5 Å². The number of benzene rings is 2. The number of fused-ring (bicyclic) bond motifs is 1. The molecule has 0 amide bonds. The molecule has 1 N–H and O–H groups in total. The molecule has 0 aliphatic carbocycles. The summed E-state index contributed by atoms with van der Waals surface area (Å²) in [7, 11) is 2.09. The normalized spacial score (nSPS) is 17.8. The first-order chi connectivity index (χ1) is 10.2. The van der Waals surface area contributed by atoms with E-state index in [1.54, 1.807) is 12.1 Å². The van der Waals surface area contributed by atoms with Crippen molar-refractivity contribution < 1.29 is 4.39 Å². The van der Waals surface area contributed by atoms with Crippen LogP contribution in [-0.2, 0) is 13.0 Å². The van der Waals surface area contributed by atoms with E-state index in [9.17, 15) is 4.39 Å². The molecular weight excluding hydrogens is 263 g/mol. The van der Waals surface area contributed by atoms with Crippen LogP contribution in [0.5, 0.6) is 0 Å². The van der Waals surface area contributed by atoms with E-state index in [2.05, 4.69) is 41.5 Å². The Morgan fingerprint density at radius 2 is 2.05 bits per heavy atom. The lowest BCUT2D eigenvalue weighted by molar-refractivity contribution is 0.278. The topological polar surface area (TPSA) is 15.3 Å².